The van der Waals surface area contributed by atoms with Crippen LogP contribution in [-0.4, -0.2) is 11.4 Å². The molecule has 4 heteroatoms. The van der Waals surface area contributed by atoms with Crippen molar-refractivity contribution in [3.8, 4) is 5.75 Å². The van der Waals surface area contributed by atoms with E-state index in [1.165, 1.54) is 0 Å². The molecule has 1 heterocycles. The lowest BCUT2D eigenvalue weighted by molar-refractivity contribution is 0.103. The molecule has 0 aromatic heterocycles. The number of ether oxygens (including phenoxy) is 1. The van der Waals surface area contributed by atoms with Gasteiger partial charge in [-0.25, -0.2) is 0 Å². The first-order valence-electron chi connectivity index (χ1n) is 6.67. The van der Waals surface area contributed by atoms with Gasteiger partial charge in [0, 0.05) is 22.6 Å². The molecular weight excluding hydrogens is 307 g/mol. The van der Waals surface area contributed by atoms with Crippen LogP contribution in [0.25, 0.3) is 0 Å². The van der Waals surface area contributed by atoms with Crippen molar-refractivity contribution in [2.45, 2.75) is 25.9 Å². The molecule has 108 valence electrons. The molecule has 1 aliphatic heterocycles. The first kappa shape index (κ1) is 14.4. The minimum Gasteiger partial charge on any atom is -0.487 e. The van der Waals surface area contributed by atoms with Gasteiger partial charge in [-0.2, -0.15) is 0 Å². The summed E-state index contributed by atoms with van der Waals surface area (Å²) in [5, 5.41) is 0.880. The van der Waals surface area contributed by atoms with Crippen LogP contribution in [0, 0.1) is 0 Å². The van der Waals surface area contributed by atoms with Crippen LogP contribution >= 0.6 is 23.2 Å². The van der Waals surface area contributed by atoms with Crippen molar-refractivity contribution >= 4 is 29.0 Å². The first-order chi connectivity index (χ1) is 9.85. The lowest BCUT2D eigenvalue weighted by Crippen LogP contribution is -2.24. The van der Waals surface area contributed by atoms with Crippen molar-refractivity contribution in [2.75, 3.05) is 0 Å². The molecule has 0 bridgehead atoms. The van der Waals surface area contributed by atoms with Gasteiger partial charge in [-0.1, -0.05) is 23.2 Å². The number of carbonyl (C=O) groups excluding carboxylic acids is 1. The number of carbonyl (C=O) groups is 1. The molecule has 0 amide bonds. The predicted molar refractivity (Wildman–Crippen MR) is 84.7 cm³/mol. The minimum absolute atomic E-state index is 0.107. The van der Waals surface area contributed by atoms with Crippen LogP contribution in [0.4, 0.5) is 0 Å². The van der Waals surface area contributed by atoms with Gasteiger partial charge in [0.1, 0.15) is 11.4 Å². The van der Waals surface area contributed by atoms with Crippen LogP contribution in [-0.2, 0) is 6.42 Å². The number of rotatable bonds is 2. The van der Waals surface area contributed by atoms with E-state index in [-0.39, 0.29) is 11.4 Å². The van der Waals surface area contributed by atoms with E-state index in [9.17, 15) is 4.79 Å². The lowest BCUT2D eigenvalue weighted by atomic mass is 9.97. The van der Waals surface area contributed by atoms with Crippen molar-refractivity contribution in [3.05, 3.63) is 63.1 Å². The standard InChI is InChI=1S/C17H14Cl2O2/c1-17(2)9-11-7-10(3-6-15(11)21-17)16(20)13-5-4-12(18)8-14(13)19/h3-8H,9H2,1-2H3. The van der Waals surface area contributed by atoms with Crippen LogP contribution in [0.2, 0.25) is 10.0 Å². The maximum absolute atomic E-state index is 12.6. The largest absolute Gasteiger partial charge is 0.487 e. The number of fused-ring (bicyclic) bond motifs is 1. The second-order valence-corrected chi connectivity index (χ2v) is 6.66. The summed E-state index contributed by atoms with van der Waals surface area (Å²) in [5.74, 6) is 0.739. The van der Waals surface area contributed by atoms with Crippen molar-refractivity contribution in [2.24, 2.45) is 0 Å². The lowest BCUT2D eigenvalue weighted by Gasteiger charge is -2.16. The maximum Gasteiger partial charge on any atom is 0.194 e. The average Bonchev–Trinajstić information content (AvgIpc) is 2.70. The van der Waals surface area contributed by atoms with Gasteiger partial charge in [-0.15, -0.1) is 0 Å². The highest BCUT2D eigenvalue weighted by atomic mass is 35.5. The summed E-state index contributed by atoms with van der Waals surface area (Å²) in [6.07, 6.45) is 0.789. The molecule has 2 nitrogen and oxygen atoms in total. The Kier molecular flexibility index (Phi) is 3.46. The second-order valence-electron chi connectivity index (χ2n) is 5.81. The Bertz CT molecular complexity index is 736. The van der Waals surface area contributed by atoms with Gasteiger partial charge in [-0.05, 0) is 55.8 Å². The smallest absolute Gasteiger partial charge is 0.194 e. The van der Waals surface area contributed by atoms with Gasteiger partial charge in [0.25, 0.3) is 0 Å². The van der Waals surface area contributed by atoms with E-state index in [2.05, 4.69) is 0 Å². The molecule has 0 atom stereocenters. The Morgan fingerprint density at radius 1 is 1.14 bits per heavy atom. The molecule has 0 N–H and O–H groups in total. The highest BCUT2D eigenvalue weighted by Crippen LogP contribution is 2.36. The fourth-order valence-electron chi connectivity index (χ4n) is 2.58. The number of benzene rings is 2. The Labute approximate surface area is 133 Å². The average molecular weight is 321 g/mol. The van der Waals surface area contributed by atoms with E-state index in [0.29, 0.717) is 21.2 Å². The Balaban J connectivity index is 1.97. The second kappa shape index (κ2) is 5.04. The van der Waals surface area contributed by atoms with Crippen LogP contribution in [0.1, 0.15) is 35.3 Å². The highest BCUT2D eigenvalue weighted by molar-refractivity contribution is 6.37. The predicted octanol–water partition coefficient (Wildman–Crippen LogP) is 4.94. The summed E-state index contributed by atoms with van der Waals surface area (Å²) in [6.45, 7) is 4.06. The van der Waals surface area contributed by atoms with E-state index in [1.54, 1.807) is 24.3 Å². The molecule has 0 unspecified atom stereocenters. The summed E-state index contributed by atoms with van der Waals surface area (Å²) >= 11 is 12.0. The van der Waals surface area contributed by atoms with Gasteiger partial charge in [0.05, 0.1) is 5.02 Å². The Morgan fingerprint density at radius 3 is 2.62 bits per heavy atom. The van der Waals surface area contributed by atoms with Crippen molar-refractivity contribution in [1.82, 2.24) is 0 Å². The molecular formula is C17H14Cl2O2. The van der Waals surface area contributed by atoms with Gasteiger partial charge in [-0.3, -0.25) is 4.79 Å². The van der Waals surface area contributed by atoms with E-state index >= 15 is 0 Å². The SMILES string of the molecule is CC1(C)Cc2cc(C(=O)c3ccc(Cl)cc3Cl)ccc2O1. The van der Waals surface area contributed by atoms with E-state index in [4.69, 9.17) is 27.9 Å². The minimum atomic E-state index is -0.220. The maximum atomic E-state index is 12.6. The summed E-state index contributed by atoms with van der Waals surface area (Å²) in [6, 6.07) is 10.4. The normalized spacial score (nSPS) is 15.4. The van der Waals surface area contributed by atoms with Crippen LogP contribution < -0.4 is 4.74 Å². The molecule has 21 heavy (non-hydrogen) atoms. The van der Waals surface area contributed by atoms with Gasteiger partial charge in [0.2, 0.25) is 0 Å². The fourth-order valence-corrected chi connectivity index (χ4v) is 3.07. The van der Waals surface area contributed by atoms with E-state index < -0.39 is 0 Å². The zero-order chi connectivity index (χ0) is 15.2. The number of halogens is 2. The zero-order valence-corrected chi connectivity index (χ0v) is 13.3. The van der Waals surface area contributed by atoms with Crippen molar-refractivity contribution < 1.29 is 9.53 Å². The summed E-state index contributed by atoms with van der Waals surface area (Å²) in [7, 11) is 0. The number of ketones is 1. The van der Waals surface area contributed by atoms with Crippen LogP contribution in [0.3, 0.4) is 0 Å². The number of hydrogen-bond acceptors (Lipinski definition) is 2. The monoisotopic (exact) mass is 320 g/mol. The molecule has 0 aliphatic carbocycles. The van der Waals surface area contributed by atoms with E-state index in [0.717, 1.165) is 17.7 Å². The van der Waals surface area contributed by atoms with Crippen molar-refractivity contribution in [1.29, 1.82) is 0 Å². The third-order valence-corrected chi connectivity index (χ3v) is 4.05. The third kappa shape index (κ3) is 2.78. The Morgan fingerprint density at radius 2 is 1.90 bits per heavy atom. The molecule has 3 rings (SSSR count). The summed E-state index contributed by atoms with van der Waals surface area (Å²) in [4.78, 5) is 12.6. The molecule has 0 fully saturated rings. The fraction of sp³-hybridized carbons (Fsp3) is 0.235. The van der Waals surface area contributed by atoms with Crippen LogP contribution in [0.5, 0.6) is 5.75 Å². The molecule has 0 saturated heterocycles. The van der Waals surface area contributed by atoms with Crippen molar-refractivity contribution in [3.63, 3.8) is 0 Å². The molecule has 2 aromatic rings. The summed E-state index contributed by atoms with van der Waals surface area (Å²) in [5.41, 5.74) is 1.90. The first-order valence-corrected chi connectivity index (χ1v) is 7.43. The topological polar surface area (TPSA) is 26.3 Å². The Hall–Kier alpha value is -1.51. The van der Waals surface area contributed by atoms with E-state index in [1.807, 2.05) is 26.0 Å². The van der Waals surface area contributed by atoms with Gasteiger partial charge >= 0.3 is 0 Å². The summed E-state index contributed by atoms with van der Waals surface area (Å²) < 4.78 is 5.82. The molecule has 2 aromatic carbocycles. The third-order valence-electron chi connectivity index (χ3n) is 3.50. The van der Waals surface area contributed by atoms with Gasteiger partial charge in [0.15, 0.2) is 5.78 Å². The van der Waals surface area contributed by atoms with Crippen LogP contribution in [0.15, 0.2) is 36.4 Å². The molecule has 0 saturated carbocycles. The molecule has 1 aliphatic rings. The number of hydrogen-bond donors (Lipinski definition) is 0. The molecule has 0 radical (unpaired) electrons. The highest BCUT2D eigenvalue weighted by Gasteiger charge is 2.30. The zero-order valence-electron chi connectivity index (χ0n) is 11.7. The quantitative estimate of drug-likeness (QED) is 0.733. The molecule has 0 spiro atoms. The van der Waals surface area contributed by atoms with Gasteiger partial charge < -0.3 is 4.74 Å².